The number of piperidine rings is 1. The van der Waals surface area contributed by atoms with Crippen molar-refractivity contribution in [1.29, 1.82) is 0 Å². The van der Waals surface area contributed by atoms with Gasteiger partial charge in [0, 0.05) is 29.3 Å². The van der Waals surface area contributed by atoms with Crippen LogP contribution in [0.5, 0.6) is 0 Å². The molecule has 0 spiro atoms. The van der Waals surface area contributed by atoms with Gasteiger partial charge in [0.2, 0.25) is 5.91 Å². The number of nitrogens with one attached hydrogen (secondary N) is 4. The van der Waals surface area contributed by atoms with Gasteiger partial charge in [0.25, 0.3) is 11.8 Å². The molecule has 67 heavy (non-hydrogen) atoms. The number of hydrogen-bond donors (Lipinski definition) is 4. The maximum absolute atomic E-state index is 16.7. The molecular weight excluding hydrogens is 859 g/mol. The van der Waals surface area contributed by atoms with Crippen LogP contribution in [-0.4, -0.2) is 92.6 Å². The number of aromatic nitrogens is 4. The smallest absolute Gasteiger partial charge is 0.407 e. The van der Waals surface area contributed by atoms with E-state index in [1.54, 1.807) is 53.6 Å². The highest BCUT2D eigenvalue weighted by molar-refractivity contribution is 5.91. The number of aromatic amines is 2. The van der Waals surface area contributed by atoms with E-state index in [0.717, 1.165) is 30.3 Å². The highest BCUT2D eigenvalue weighted by atomic mass is 19.3. The Morgan fingerprint density at radius 1 is 0.866 bits per heavy atom. The van der Waals surface area contributed by atoms with Crippen LogP contribution in [0, 0.1) is 11.8 Å². The number of carbonyl (C=O) groups excluding carboxylic acids is 4. The minimum absolute atomic E-state index is 0.0394. The summed E-state index contributed by atoms with van der Waals surface area (Å²) in [5, 5.41) is 5.33. The van der Waals surface area contributed by atoms with Crippen LogP contribution in [0.25, 0.3) is 44.5 Å². The number of ether oxygens (including phenoxy) is 2. The molecule has 3 aromatic carbocycles. The van der Waals surface area contributed by atoms with Crippen molar-refractivity contribution >= 4 is 35.0 Å². The van der Waals surface area contributed by atoms with E-state index in [0.29, 0.717) is 70.1 Å². The molecule has 2 bridgehead atoms. The van der Waals surface area contributed by atoms with Gasteiger partial charge >= 0.3 is 12.2 Å². The van der Waals surface area contributed by atoms with Crippen molar-refractivity contribution in [2.75, 3.05) is 20.8 Å². The number of benzene rings is 3. The number of H-pyrrole nitrogens is 2. The summed E-state index contributed by atoms with van der Waals surface area (Å²) >= 11 is 0. The zero-order valence-corrected chi connectivity index (χ0v) is 38.1. The predicted molar refractivity (Wildman–Crippen MR) is 249 cm³/mol. The number of amides is 4. The molecule has 1 saturated carbocycles. The molecule has 4 heterocycles. The molecule has 2 aliphatic heterocycles. The zero-order chi connectivity index (χ0) is 47.3. The molecule has 16 heteroatoms. The molecule has 6 atom stereocenters. The molecule has 0 radical (unpaired) electrons. The molecule has 14 nitrogen and oxygen atoms in total. The lowest BCUT2D eigenvalue weighted by Crippen LogP contribution is -2.54. The average molecular weight is 913 g/mol. The van der Waals surface area contributed by atoms with E-state index in [1.165, 1.54) is 20.3 Å². The topological polar surface area (TPSA) is 175 Å². The molecule has 2 saturated heterocycles. The number of imidazole rings is 2. The van der Waals surface area contributed by atoms with E-state index in [1.807, 2.05) is 56.0 Å². The number of rotatable bonds is 12. The molecule has 9 rings (SSSR count). The number of likely N-dealkylation sites (tertiary alicyclic amines) is 2. The summed E-state index contributed by atoms with van der Waals surface area (Å²) in [5.74, 6) is -2.63. The number of hydrogen-bond acceptors (Lipinski definition) is 8. The van der Waals surface area contributed by atoms with E-state index in [2.05, 4.69) is 32.2 Å². The van der Waals surface area contributed by atoms with Crippen LogP contribution < -0.4 is 10.6 Å². The van der Waals surface area contributed by atoms with Crippen molar-refractivity contribution < 1.29 is 37.4 Å². The number of alkyl halides is 2. The molecule has 2 aromatic heterocycles. The van der Waals surface area contributed by atoms with Crippen molar-refractivity contribution in [1.82, 2.24) is 40.4 Å². The number of fused-ring (bicyclic) bond motifs is 6. The Balaban J connectivity index is 0.944. The van der Waals surface area contributed by atoms with Gasteiger partial charge < -0.3 is 39.9 Å². The minimum Gasteiger partial charge on any atom is -0.453 e. The first-order valence-electron chi connectivity index (χ1n) is 22.7. The molecule has 4 aliphatic rings. The summed E-state index contributed by atoms with van der Waals surface area (Å²) in [6, 6.07) is 13.3. The van der Waals surface area contributed by atoms with Gasteiger partial charge in [0.1, 0.15) is 23.7 Å². The highest BCUT2D eigenvalue weighted by Crippen LogP contribution is 2.53. The molecule has 348 valence electrons. The Kier molecular flexibility index (Phi) is 12.1. The fraction of sp³-hybridized carbons (Fsp3) is 0.373. The third kappa shape index (κ3) is 8.16. The second-order valence-corrected chi connectivity index (χ2v) is 18.1. The van der Waals surface area contributed by atoms with Gasteiger partial charge in [-0.05, 0) is 103 Å². The quantitative estimate of drug-likeness (QED) is 0.0897. The Morgan fingerprint density at radius 2 is 1.55 bits per heavy atom. The predicted octanol–water partition coefficient (Wildman–Crippen LogP) is 9.25. The first-order chi connectivity index (χ1) is 32.2. The van der Waals surface area contributed by atoms with Gasteiger partial charge in [0.15, 0.2) is 0 Å². The third-order valence-electron chi connectivity index (χ3n) is 13.8. The molecule has 5 aromatic rings. The summed E-state index contributed by atoms with van der Waals surface area (Å²) in [4.78, 5) is 72.4. The monoisotopic (exact) mass is 912 g/mol. The standard InChI is InChI=1S/C51H54F2N8O6/c1-7-8-9-11-28(4)43(59-50(65)67-6)47(62)60-21-10-12-41(60)45-54-26-40(57-45)31-15-19-35-34-18-14-29(23-36(34)51(52,53)37(35)24-31)30-16-20-38-39(25-30)56-46(55-38)44-32-13-17-33(22-32)61(44)48(63)42(27(2)3)58-49(64)66-5/h7-9,11,14-16,18-20,23-27,32-33,41-44H,4,10,12-13,17,21-22H2,1-3,5-6H3,(H,54,57)(H,55,56)(H,58,64)(H,59,65)/b8-7-,11-9-/t32-,33+,41-,42-,43+,44-/m0/s1. The Hall–Kier alpha value is -7.10. The van der Waals surface area contributed by atoms with Crippen LogP contribution in [0.15, 0.2) is 97.3 Å². The van der Waals surface area contributed by atoms with Gasteiger partial charge in [0.05, 0.1) is 49.2 Å². The lowest BCUT2D eigenvalue weighted by Gasteiger charge is -2.37. The number of methoxy groups -OCH3 is 2. The Morgan fingerprint density at radius 3 is 2.27 bits per heavy atom. The van der Waals surface area contributed by atoms with Gasteiger partial charge in [-0.25, -0.2) is 19.6 Å². The van der Waals surface area contributed by atoms with Gasteiger partial charge in [-0.15, -0.1) is 0 Å². The molecule has 0 unspecified atom stereocenters. The van der Waals surface area contributed by atoms with Crippen LogP contribution >= 0.6 is 0 Å². The summed E-state index contributed by atoms with van der Waals surface area (Å²) < 4.78 is 42.9. The van der Waals surface area contributed by atoms with Crippen LogP contribution in [0.3, 0.4) is 0 Å². The lowest BCUT2D eigenvalue weighted by molar-refractivity contribution is -0.139. The molecular formula is C51H54F2N8O6. The van der Waals surface area contributed by atoms with Crippen LogP contribution in [-0.2, 0) is 25.0 Å². The van der Waals surface area contributed by atoms with Gasteiger partial charge in [-0.2, -0.15) is 8.78 Å². The second kappa shape index (κ2) is 17.9. The Labute approximate surface area is 386 Å². The maximum atomic E-state index is 16.7. The van der Waals surface area contributed by atoms with Gasteiger partial charge in [-0.1, -0.05) is 75.1 Å². The van der Waals surface area contributed by atoms with Crippen molar-refractivity contribution in [3.05, 3.63) is 120 Å². The third-order valence-corrected chi connectivity index (χ3v) is 13.8. The molecule has 4 amide bonds. The Bertz CT molecular complexity index is 2850. The van der Waals surface area contributed by atoms with Crippen molar-refractivity contribution in [3.8, 4) is 33.5 Å². The number of halogens is 2. The van der Waals surface area contributed by atoms with Gasteiger partial charge in [-0.3, -0.25) is 9.59 Å². The average Bonchev–Trinajstić information content (AvgIpc) is 4.20. The fourth-order valence-corrected chi connectivity index (χ4v) is 10.4. The van der Waals surface area contributed by atoms with Crippen LogP contribution in [0.1, 0.15) is 87.7 Å². The van der Waals surface area contributed by atoms with Crippen molar-refractivity contribution in [2.45, 2.75) is 89.0 Å². The molecule has 3 fully saturated rings. The molecule has 4 N–H and O–H groups in total. The summed E-state index contributed by atoms with van der Waals surface area (Å²) in [6.45, 7) is 10.1. The van der Waals surface area contributed by atoms with E-state index in [-0.39, 0.29) is 46.9 Å². The van der Waals surface area contributed by atoms with Crippen molar-refractivity contribution in [3.63, 3.8) is 0 Å². The first kappa shape index (κ1) is 45.1. The highest BCUT2D eigenvalue weighted by Gasteiger charge is 2.52. The summed E-state index contributed by atoms with van der Waals surface area (Å²) in [6.07, 6.45) is 11.2. The molecule has 2 aliphatic carbocycles. The summed E-state index contributed by atoms with van der Waals surface area (Å²) in [5.41, 5.74) is 4.86. The zero-order valence-electron chi connectivity index (χ0n) is 38.1. The minimum atomic E-state index is -3.31. The second-order valence-electron chi connectivity index (χ2n) is 18.1. The normalized spacial score (nSPS) is 21.3. The van der Waals surface area contributed by atoms with Crippen LogP contribution in [0.2, 0.25) is 0 Å². The van der Waals surface area contributed by atoms with Crippen LogP contribution in [0.4, 0.5) is 18.4 Å². The van der Waals surface area contributed by atoms with E-state index >= 15 is 8.78 Å². The largest absolute Gasteiger partial charge is 0.453 e. The number of allylic oxidation sites excluding steroid dienone is 3. The number of carbonyl (C=O) groups is 4. The maximum Gasteiger partial charge on any atom is 0.407 e. The first-order valence-corrected chi connectivity index (χ1v) is 22.7. The number of nitrogens with zero attached hydrogens (tertiary/aromatic N) is 4. The fourth-order valence-electron chi connectivity index (χ4n) is 10.4. The van der Waals surface area contributed by atoms with Crippen molar-refractivity contribution in [2.24, 2.45) is 11.8 Å². The lowest BCUT2D eigenvalue weighted by atomic mass is 9.95. The van der Waals surface area contributed by atoms with E-state index < -0.39 is 36.2 Å². The van der Waals surface area contributed by atoms with E-state index in [9.17, 15) is 19.2 Å². The SMILES string of the molecule is C=C(/C=C\C=C/C)[C@@H](NC(=O)OC)C(=O)N1CCC[C@H]1c1ncc(-c2ccc3c(c2)C(F)(F)c2cc(-c4ccc5nc([C@@H]6[C@H]7CC[C@H](C7)N6C(=O)[C@@H](NC(=O)OC)C(C)C)[nH]c5c4)ccc2-3)[nH]1. The summed E-state index contributed by atoms with van der Waals surface area (Å²) in [7, 11) is 2.50. The number of alkyl carbamates (subject to hydrolysis) is 2. The van der Waals surface area contributed by atoms with E-state index in [4.69, 9.17) is 14.5 Å².